The van der Waals surface area contributed by atoms with Crippen molar-refractivity contribution in [2.45, 2.75) is 63.3 Å². The van der Waals surface area contributed by atoms with Crippen LogP contribution in [0.2, 0.25) is 0 Å². The van der Waals surface area contributed by atoms with Crippen LogP contribution in [0.25, 0.3) is 0 Å². The van der Waals surface area contributed by atoms with Gasteiger partial charge in [-0.2, -0.15) is 0 Å². The van der Waals surface area contributed by atoms with Crippen molar-refractivity contribution < 1.29 is 19.1 Å². The number of likely N-dealkylation sites (tertiary alicyclic amines) is 1. The zero-order valence-electron chi connectivity index (χ0n) is 18.9. The minimum Gasteiger partial charge on any atom is -0.497 e. The first-order valence-electron chi connectivity index (χ1n) is 11.5. The van der Waals surface area contributed by atoms with Crippen LogP contribution in [0.3, 0.4) is 0 Å². The van der Waals surface area contributed by atoms with Gasteiger partial charge in [-0.1, -0.05) is 13.0 Å². The zero-order valence-corrected chi connectivity index (χ0v) is 18.9. The molecule has 170 valence electrons. The Bertz CT molecular complexity index is 798. The van der Waals surface area contributed by atoms with E-state index in [1.54, 1.807) is 24.1 Å². The molecule has 3 aliphatic rings. The molecular formula is C24H35N3O4. The molecule has 0 bridgehead atoms. The van der Waals surface area contributed by atoms with Gasteiger partial charge in [0, 0.05) is 11.6 Å². The van der Waals surface area contributed by atoms with Crippen molar-refractivity contribution in [3.05, 3.63) is 29.8 Å². The second-order valence-electron chi connectivity index (χ2n) is 9.45. The first kappa shape index (κ1) is 22.1. The van der Waals surface area contributed by atoms with Gasteiger partial charge in [0.2, 0.25) is 5.91 Å². The van der Waals surface area contributed by atoms with E-state index in [0.717, 1.165) is 51.6 Å². The predicted octanol–water partition coefficient (Wildman–Crippen LogP) is 2.65. The van der Waals surface area contributed by atoms with E-state index >= 15 is 0 Å². The quantitative estimate of drug-likeness (QED) is 0.797. The standard InChI is InChI=1S/C24H35N3O4/c1-17-7-11-24(12-8-17)27(23(29)18-5-4-6-20(15-18)30-3)21(16-31-24)22(28)25-19-9-13-26(2)14-10-19/h4-6,15,17,19,21H,7-14,16H2,1-3H3,(H,25,28). The van der Waals surface area contributed by atoms with Gasteiger partial charge in [-0.3, -0.25) is 14.5 Å². The van der Waals surface area contributed by atoms with E-state index in [4.69, 9.17) is 9.47 Å². The molecule has 1 saturated carbocycles. The van der Waals surface area contributed by atoms with Crippen molar-refractivity contribution in [3.63, 3.8) is 0 Å². The molecule has 7 nitrogen and oxygen atoms in total. The number of benzene rings is 1. The molecule has 3 fully saturated rings. The summed E-state index contributed by atoms with van der Waals surface area (Å²) >= 11 is 0. The van der Waals surface area contributed by atoms with E-state index in [1.807, 2.05) is 12.1 Å². The molecule has 1 unspecified atom stereocenters. The van der Waals surface area contributed by atoms with Crippen molar-refractivity contribution in [1.29, 1.82) is 0 Å². The molecule has 1 aromatic rings. The van der Waals surface area contributed by atoms with Gasteiger partial charge in [0.1, 0.15) is 17.5 Å². The Kier molecular flexibility index (Phi) is 6.53. The number of methoxy groups -OCH3 is 1. The van der Waals surface area contributed by atoms with Gasteiger partial charge in [0.15, 0.2) is 0 Å². The summed E-state index contributed by atoms with van der Waals surface area (Å²) in [6.45, 7) is 4.43. The Balaban J connectivity index is 1.58. The summed E-state index contributed by atoms with van der Waals surface area (Å²) in [6.07, 6.45) is 5.38. The molecule has 1 spiro atoms. The van der Waals surface area contributed by atoms with E-state index in [-0.39, 0.29) is 24.5 Å². The molecule has 2 aliphatic heterocycles. The van der Waals surface area contributed by atoms with Crippen LogP contribution in [0.5, 0.6) is 5.75 Å². The van der Waals surface area contributed by atoms with Crippen LogP contribution < -0.4 is 10.1 Å². The number of nitrogens with zero attached hydrogens (tertiary/aromatic N) is 2. The second-order valence-corrected chi connectivity index (χ2v) is 9.45. The molecular weight excluding hydrogens is 394 g/mol. The lowest BCUT2D eigenvalue weighted by atomic mass is 9.83. The summed E-state index contributed by atoms with van der Waals surface area (Å²) in [4.78, 5) is 31.1. The van der Waals surface area contributed by atoms with Crippen molar-refractivity contribution in [3.8, 4) is 5.75 Å². The number of piperidine rings is 1. The summed E-state index contributed by atoms with van der Waals surface area (Å²) in [6, 6.07) is 6.71. The Morgan fingerprint density at radius 2 is 1.87 bits per heavy atom. The van der Waals surface area contributed by atoms with Gasteiger partial charge >= 0.3 is 0 Å². The third-order valence-electron chi connectivity index (χ3n) is 7.22. The highest BCUT2D eigenvalue weighted by Crippen LogP contribution is 2.43. The van der Waals surface area contributed by atoms with Crippen LogP contribution in [0.4, 0.5) is 0 Å². The first-order chi connectivity index (χ1) is 14.9. The molecule has 1 aliphatic carbocycles. The SMILES string of the molecule is COc1cccc(C(=O)N2C(C(=O)NC3CCN(C)CC3)COC23CCC(C)CC3)c1. The smallest absolute Gasteiger partial charge is 0.257 e. The van der Waals surface area contributed by atoms with E-state index in [9.17, 15) is 9.59 Å². The molecule has 1 atom stereocenters. The Morgan fingerprint density at radius 1 is 1.16 bits per heavy atom. The zero-order chi connectivity index (χ0) is 22.0. The molecule has 2 heterocycles. The summed E-state index contributed by atoms with van der Waals surface area (Å²) in [5.41, 5.74) is -0.165. The minimum absolute atomic E-state index is 0.0960. The van der Waals surface area contributed by atoms with Crippen LogP contribution >= 0.6 is 0 Å². The van der Waals surface area contributed by atoms with Crippen LogP contribution in [0.15, 0.2) is 24.3 Å². The average molecular weight is 430 g/mol. The highest BCUT2D eigenvalue weighted by Gasteiger charge is 2.53. The van der Waals surface area contributed by atoms with Crippen molar-refractivity contribution in [2.24, 2.45) is 5.92 Å². The van der Waals surface area contributed by atoms with Crippen molar-refractivity contribution >= 4 is 11.8 Å². The van der Waals surface area contributed by atoms with Gasteiger partial charge in [-0.15, -0.1) is 0 Å². The lowest BCUT2D eigenvalue weighted by molar-refractivity contribution is -0.128. The monoisotopic (exact) mass is 429 g/mol. The van der Waals surface area contributed by atoms with Crippen molar-refractivity contribution in [1.82, 2.24) is 15.1 Å². The normalized spacial score (nSPS) is 29.8. The molecule has 0 aromatic heterocycles. The first-order valence-corrected chi connectivity index (χ1v) is 11.5. The largest absolute Gasteiger partial charge is 0.497 e. The molecule has 7 heteroatoms. The minimum atomic E-state index is -0.693. The Morgan fingerprint density at radius 3 is 2.55 bits per heavy atom. The average Bonchev–Trinajstić information content (AvgIpc) is 3.16. The fraction of sp³-hybridized carbons (Fsp3) is 0.667. The maximum Gasteiger partial charge on any atom is 0.257 e. The van der Waals surface area contributed by atoms with E-state index in [0.29, 0.717) is 17.2 Å². The fourth-order valence-corrected chi connectivity index (χ4v) is 5.13. The summed E-state index contributed by atoms with van der Waals surface area (Å²) < 4.78 is 11.6. The molecule has 2 saturated heterocycles. The lowest BCUT2D eigenvalue weighted by Crippen LogP contribution is -2.58. The number of carbonyl (C=O) groups is 2. The van der Waals surface area contributed by atoms with Gasteiger partial charge in [0.25, 0.3) is 5.91 Å². The maximum atomic E-state index is 13.7. The molecule has 2 amide bonds. The number of ether oxygens (including phenoxy) is 2. The third-order valence-corrected chi connectivity index (χ3v) is 7.22. The fourth-order valence-electron chi connectivity index (χ4n) is 5.13. The van der Waals surface area contributed by atoms with Crippen LogP contribution in [-0.2, 0) is 9.53 Å². The summed E-state index contributed by atoms with van der Waals surface area (Å²) in [5.74, 6) is 0.982. The van der Waals surface area contributed by atoms with Gasteiger partial charge < -0.3 is 19.7 Å². The molecule has 0 radical (unpaired) electrons. The van der Waals surface area contributed by atoms with E-state index < -0.39 is 11.8 Å². The number of carbonyl (C=O) groups excluding carboxylic acids is 2. The second kappa shape index (κ2) is 9.17. The summed E-state index contributed by atoms with van der Waals surface area (Å²) in [7, 11) is 3.69. The van der Waals surface area contributed by atoms with Crippen molar-refractivity contribution in [2.75, 3.05) is 33.9 Å². The molecule has 4 rings (SSSR count). The van der Waals surface area contributed by atoms with Crippen LogP contribution in [-0.4, -0.2) is 73.3 Å². The lowest BCUT2D eigenvalue weighted by Gasteiger charge is -2.43. The highest BCUT2D eigenvalue weighted by molar-refractivity contribution is 5.98. The number of hydrogen-bond acceptors (Lipinski definition) is 5. The van der Waals surface area contributed by atoms with Crippen LogP contribution in [0, 0.1) is 5.92 Å². The van der Waals surface area contributed by atoms with E-state index in [1.165, 1.54) is 0 Å². The topological polar surface area (TPSA) is 71.1 Å². The molecule has 1 N–H and O–H groups in total. The van der Waals surface area contributed by atoms with Crippen LogP contribution in [0.1, 0.15) is 55.8 Å². The number of amides is 2. The number of nitrogens with one attached hydrogen (secondary N) is 1. The predicted molar refractivity (Wildman–Crippen MR) is 118 cm³/mol. The van der Waals surface area contributed by atoms with Gasteiger partial charge in [-0.05, 0) is 82.8 Å². The number of hydrogen-bond donors (Lipinski definition) is 1. The Labute approximate surface area is 185 Å². The maximum absolute atomic E-state index is 13.7. The van der Waals surface area contributed by atoms with Gasteiger partial charge in [-0.25, -0.2) is 0 Å². The third kappa shape index (κ3) is 4.58. The number of rotatable bonds is 4. The van der Waals surface area contributed by atoms with Gasteiger partial charge in [0.05, 0.1) is 13.7 Å². The highest BCUT2D eigenvalue weighted by atomic mass is 16.5. The summed E-state index contributed by atoms with van der Waals surface area (Å²) in [5, 5.41) is 3.21. The van der Waals surface area contributed by atoms with E-state index in [2.05, 4.69) is 24.2 Å². The Hall–Kier alpha value is -2.12. The molecule has 1 aromatic carbocycles. The molecule has 31 heavy (non-hydrogen) atoms.